The highest BCUT2D eigenvalue weighted by atomic mass is 35.5. The van der Waals surface area contributed by atoms with E-state index in [1.807, 2.05) is 6.92 Å². The van der Waals surface area contributed by atoms with E-state index in [2.05, 4.69) is 4.74 Å². The number of rotatable bonds is 3. The first-order valence-corrected chi connectivity index (χ1v) is 7.84. The summed E-state index contributed by atoms with van der Waals surface area (Å²) in [6, 6.07) is 2.46. The molecular weight excluding hydrogens is 323 g/mol. The Bertz CT molecular complexity index is 742. The number of esters is 1. The Balaban J connectivity index is 2.85. The third-order valence-corrected chi connectivity index (χ3v) is 5.16. The van der Waals surface area contributed by atoms with Crippen molar-refractivity contribution >= 4 is 50.8 Å². The fraction of sp³-hybridized carbons (Fsp3) is 0.231. The number of fused-ring (bicyclic) bond motifs is 1. The van der Waals surface area contributed by atoms with Crippen LogP contribution in [0.3, 0.4) is 0 Å². The third-order valence-electron chi connectivity index (χ3n) is 2.57. The fourth-order valence-electron chi connectivity index (χ4n) is 1.68. The summed E-state index contributed by atoms with van der Waals surface area (Å²) in [6.45, 7) is 1.91. The number of benzene rings is 1. The first-order valence-electron chi connectivity index (χ1n) is 5.66. The molecule has 0 bridgehead atoms. The molecule has 0 saturated carbocycles. The van der Waals surface area contributed by atoms with Crippen molar-refractivity contribution in [2.45, 2.75) is 11.1 Å². The number of thioether (sulfide) groups is 1. The second-order valence-electron chi connectivity index (χ2n) is 3.78. The molecule has 3 nitrogen and oxygen atoms in total. The summed E-state index contributed by atoms with van der Waals surface area (Å²) in [6.07, 6.45) is 0. The van der Waals surface area contributed by atoms with Gasteiger partial charge in [0.1, 0.15) is 11.4 Å². The number of hydrogen-bond donors (Lipinski definition) is 0. The van der Waals surface area contributed by atoms with Gasteiger partial charge < -0.3 is 4.74 Å². The Kier molecular flexibility index (Phi) is 4.67. The van der Waals surface area contributed by atoms with Crippen molar-refractivity contribution < 1.29 is 13.9 Å². The van der Waals surface area contributed by atoms with Gasteiger partial charge in [-0.3, -0.25) is 4.79 Å². The van der Waals surface area contributed by atoms with Crippen LogP contribution in [0, 0.1) is 5.82 Å². The van der Waals surface area contributed by atoms with Gasteiger partial charge in [-0.1, -0.05) is 18.5 Å². The van der Waals surface area contributed by atoms with Gasteiger partial charge in [0.25, 0.3) is 0 Å². The van der Waals surface area contributed by atoms with Crippen molar-refractivity contribution in [3.8, 4) is 0 Å². The summed E-state index contributed by atoms with van der Waals surface area (Å²) in [5.74, 6) is -0.699. The van der Waals surface area contributed by atoms with E-state index in [1.54, 1.807) is 0 Å². The predicted octanol–water partition coefficient (Wildman–Crippen LogP) is 3.95. The largest absolute Gasteiger partial charge is 0.465 e. The first-order chi connectivity index (χ1) is 9.49. The number of carbonyl (C=O) groups excluding carboxylic acids is 1. The van der Waals surface area contributed by atoms with Crippen molar-refractivity contribution in [1.29, 1.82) is 0 Å². The number of carbonyl (C=O) groups is 1. The molecule has 0 spiro atoms. The molecule has 0 aliphatic carbocycles. The van der Waals surface area contributed by atoms with Gasteiger partial charge in [0.05, 0.1) is 16.3 Å². The number of halogens is 2. The van der Waals surface area contributed by atoms with Crippen LogP contribution in [-0.2, 0) is 4.74 Å². The molecule has 0 N–H and O–H groups in total. The number of methoxy groups -OCH3 is 1. The summed E-state index contributed by atoms with van der Waals surface area (Å²) in [7, 11) is 1.21. The Morgan fingerprint density at radius 3 is 2.80 bits per heavy atom. The van der Waals surface area contributed by atoms with E-state index < -0.39 is 17.2 Å². The molecule has 0 atom stereocenters. The van der Waals surface area contributed by atoms with Crippen LogP contribution in [0.5, 0.6) is 0 Å². The van der Waals surface area contributed by atoms with Gasteiger partial charge in [0, 0.05) is 10.1 Å². The monoisotopic (exact) mass is 332 g/mol. The minimum atomic E-state index is -0.709. The summed E-state index contributed by atoms with van der Waals surface area (Å²) >= 11 is 8.33. The molecule has 106 valence electrons. The number of hydrogen-bond acceptors (Lipinski definition) is 5. The van der Waals surface area contributed by atoms with E-state index in [4.69, 9.17) is 11.6 Å². The Labute approximate surface area is 127 Å². The maximum atomic E-state index is 13.5. The summed E-state index contributed by atoms with van der Waals surface area (Å²) < 4.78 is 19.2. The van der Waals surface area contributed by atoms with E-state index in [0.29, 0.717) is 14.7 Å². The van der Waals surface area contributed by atoms with Gasteiger partial charge >= 0.3 is 5.97 Å². The van der Waals surface area contributed by atoms with E-state index in [9.17, 15) is 14.0 Å². The van der Waals surface area contributed by atoms with Crippen molar-refractivity contribution in [3.63, 3.8) is 0 Å². The molecule has 0 radical (unpaired) electrons. The van der Waals surface area contributed by atoms with Crippen LogP contribution in [0.25, 0.3) is 10.1 Å². The van der Waals surface area contributed by atoms with Gasteiger partial charge in [-0.2, -0.15) is 0 Å². The average Bonchev–Trinajstić information content (AvgIpc) is 2.41. The lowest BCUT2D eigenvalue weighted by atomic mass is 10.2. The molecule has 20 heavy (non-hydrogen) atoms. The lowest BCUT2D eigenvalue weighted by molar-refractivity contribution is 0.0596. The van der Waals surface area contributed by atoms with Crippen LogP contribution in [0.1, 0.15) is 17.3 Å². The molecule has 2 aromatic rings. The zero-order chi connectivity index (χ0) is 14.9. The van der Waals surface area contributed by atoms with Crippen molar-refractivity contribution in [2.24, 2.45) is 0 Å². The van der Waals surface area contributed by atoms with Crippen LogP contribution in [0.4, 0.5) is 4.39 Å². The topological polar surface area (TPSA) is 43.4 Å². The van der Waals surface area contributed by atoms with Crippen LogP contribution >= 0.6 is 34.7 Å². The fourth-order valence-corrected chi connectivity index (χ4v) is 4.27. The molecule has 0 aliphatic heterocycles. The molecule has 0 saturated heterocycles. The maximum Gasteiger partial charge on any atom is 0.343 e. The Morgan fingerprint density at radius 2 is 2.20 bits per heavy atom. The highest BCUT2D eigenvalue weighted by molar-refractivity contribution is 8.01. The van der Waals surface area contributed by atoms with Gasteiger partial charge in [0.15, 0.2) is 0 Å². The minimum Gasteiger partial charge on any atom is -0.465 e. The second kappa shape index (κ2) is 6.11. The summed E-state index contributed by atoms with van der Waals surface area (Å²) in [5.41, 5.74) is -0.573. The molecule has 0 fully saturated rings. The smallest absolute Gasteiger partial charge is 0.343 e. The van der Waals surface area contributed by atoms with Crippen molar-refractivity contribution in [1.82, 2.24) is 0 Å². The molecule has 2 rings (SSSR count). The third kappa shape index (κ3) is 2.68. The molecule has 7 heteroatoms. The van der Waals surface area contributed by atoms with E-state index in [0.717, 1.165) is 6.07 Å². The maximum absolute atomic E-state index is 13.5. The highest BCUT2D eigenvalue weighted by Crippen LogP contribution is 2.33. The molecule has 1 heterocycles. The molecule has 0 aliphatic rings. The van der Waals surface area contributed by atoms with E-state index >= 15 is 0 Å². The van der Waals surface area contributed by atoms with Crippen molar-refractivity contribution in [3.05, 3.63) is 38.8 Å². The SMILES string of the molecule is CCSc1sc2cc(Cl)c(F)cc2c(=O)c1C(=O)OC. The van der Waals surface area contributed by atoms with E-state index in [-0.39, 0.29) is 16.0 Å². The molecular formula is C13H10ClFO3S2. The van der Waals surface area contributed by atoms with Gasteiger partial charge in [-0.25, -0.2) is 9.18 Å². The van der Waals surface area contributed by atoms with Crippen LogP contribution in [0.2, 0.25) is 5.02 Å². The Hall–Kier alpha value is -1.11. The molecule has 1 aromatic heterocycles. The molecule has 0 unspecified atom stereocenters. The lowest BCUT2D eigenvalue weighted by Crippen LogP contribution is -2.17. The zero-order valence-electron chi connectivity index (χ0n) is 10.7. The second-order valence-corrected chi connectivity index (χ2v) is 6.77. The summed E-state index contributed by atoms with van der Waals surface area (Å²) in [4.78, 5) is 24.1. The van der Waals surface area contributed by atoms with Crippen LogP contribution in [-0.4, -0.2) is 18.8 Å². The first kappa shape index (κ1) is 15.3. The molecule has 1 aromatic carbocycles. The predicted molar refractivity (Wildman–Crippen MR) is 80.8 cm³/mol. The number of ether oxygens (including phenoxy) is 1. The minimum absolute atomic E-state index is 0.0430. The van der Waals surface area contributed by atoms with Gasteiger partial charge in [-0.15, -0.1) is 23.1 Å². The van der Waals surface area contributed by atoms with Gasteiger partial charge in [-0.05, 0) is 17.9 Å². The molecule has 0 amide bonds. The lowest BCUT2D eigenvalue weighted by Gasteiger charge is -2.07. The van der Waals surface area contributed by atoms with Crippen LogP contribution < -0.4 is 5.43 Å². The zero-order valence-corrected chi connectivity index (χ0v) is 13.0. The normalized spacial score (nSPS) is 10.8. The highest BCUT2D eigenvalue weighted by Gasteiger charge is 2.21. The average molecular weight is 333 g/mol. The van der Waals surface area contributed by atoms with E-state index in [1.165, 1.54) is 36.3 Å². The quantitative estimate of drug-likeness (QED) is 0.630. The standard InChI is InChI=1S/C13H10ClFO3S2/c1-3-19-13-10(12(17)18-2)11(16)6-4-8(15)7(14)5-9(6)20-13/h4-5H,3H2,1-2H3. The Morgan fingerprint density at radius 1 is 1.50 bits per heavy atom. The van der Waals surface area contributed by atoms with Crippen LogP contribution in [0.15, 0.2) is 21.1 Å². The summed E-state index contributed by atoms with van der Waals surface area (Å²) in [5, 5.41) is 0.0872. The van der Waals surface area contributed by atoms with Gasteiger partial charge in [0.2, 0.25) is 5.43 Å². The van der Waals surface area contributed by atoms with Crippen molar-refractivity contribution in [2.75, 3.05) is 12.9 Å².